The first-order chi connectivity index (χ1) is 10.3. The second-order valence-electron chi connectivity index (χ2n) is 5.40. The van der Waals surface area contributed by atoms with Crippen molar-refractivity contribution in [3.63, 3.8) is 0 Å². The zero-order valence-corrected chi connectivity index (χ0v) is 11.9. The molecule has 0 unspecified atom stereocenters. The van der Waals surface area contributed by atoms with Crippen molar-refractivity contribution in [2.24, 2.45) is 0 Å². The average molecular weight is 281 g/mol. The lowest BCUT2D eigenvalue weighted by molar-refractivity contribution is 0.0707. The maximum absolute atomic E-state index is 12.5. The fourth-order valence-corrected chi connectivity index (χ4v) is 2.55. The van der Waals surface area contributed by atoms with Gasteiger partial charge in [-0.05, 0) is 36.1 Å². The minimum atomic E-state index is 0.0182. The zero-order valence-electron chi connectivity index (χ0n) is 11.9. The molecule has 0 aliphatic heterocycles. The Bertz CT molecular complexity index is 603. The molecule has 0 radical (unpaired) electrons. The average Bonchev–Trinajstić information content (AvgIpc) is 3.38. The normalized spacial score (nSPS) is 14.0. The summed E-state index contributed by atoms with van der Waals surface area (Å²) in [6.07, 6.45) is 2.10. The fraction of sp³-hybridized carbons (Fsp3) is 0.278. The van der Waals surface area contributed by atoms with Crippen molar-refractivity contribution >= 4 is 5.91 Å². The van der Waals surface area contributed by atoms with E-state index in [4.69, 9.17) is 5.11 Å². The van der Waals surface area contributed by atoms with Crippen LogP contribution in [0.4, 0.5) is 0 Å². The van der Waals surface area contributed by atoms with E-state index in [2.05, 4.69) is 12.1 Å². The van der Waals surface area contributed by atoms with Gasteiger partial charge in [0.25, 0.3) is 5.91 Å². The Hall–Kier alpha value is -2.13. The first-order valence-corrected chi connectivity index (χ1v) is 7.37. The van der Waals surface area contributed by atoms with Gasteiger partial charge in [0.1, 0.15) is 0 Å². The van der Waals surface area contributed by atoms with Crippen LogP contribution in [0.3, 0.4) is 0 Å². The summed E-state index contributed by atoms with van der Waals surface area (Å²) in [6.45, 7) is 0.439. The van der Waals surface area contributed by atoms with E-state index in [1.807, 2.05) is 42.5 Å². The summed E-state index contributed by atoms with van der Waals surface area (Å²) >= 11 is 0. The molecule has 1 fully saturated rings. The molecule has 1 aliphatic carbocycles. The third-order valence-corrected chi connectivity index (χ3v) is 3.83. The Labute approximate surface area is 124 Å². The minimum absolute atomic E-state index is 0.0182. The van der Waals surface area contributed by atoms with Crippen molar-refractivity contribution in [2.75, 3.05) is 13.2 Å². The van der Waals surface area contributed by atoms with E-state index in [-0.39, 0.29) is 12.5 Å². The number of amides is 1. The Kier molecular flexibility index (Phi) is 4.02. The molecule has 108 valence electrons. The van der Waals surface area contributed by atoms with Crippen LogP contribution >= 0.6 is 0 Å². The quantitative estimate of drug-likeness (QED) is 0.915. The first kappa shape index (κ1) is 13.8. The maximum Gasteiger partial charge on any atom is 0.254 e. The van der Waals surface area contributed by atoms with Crippen LogP contribution in [0.25, 0.3) is 11.1 Å². The highest BCUT2D eigenvalue weighted by Gasteiger charge is 2.32. The highest BCUT2D eigenvalue weighted by atomic mass is 16.3. The minimum Gasteiger partial charge on any atom is -0.395 e. The van der Waals surface area contributed by atoms with E-state index in [1.165, 1.54) is 0 Å². The summed E-state index contributed by atoms with van der Waals surface area (Å²) in [6, 6.07) is 18.1. The summed E-state index contributed by atoms with van der Waals surface area (Å²) in [4.78, 5) is 14.3. The van der Waals surface area contributed by atoms with Gasteiger partial charge in [-0.25, -0.2) is 0 Å². The number of hydrogen-bond donors (Lipinski definition) is 1. The summed E-state index contributed by atoms with van der Waals surface area (Å²) in [7, 11) is 0. The van der Waals surface area contributed by atoms with Crippen LogP contribution < -0.4 is 0 Å². The lowest BCUT2D eigenvalue weighted by atomic mass is 10.0. The molecule has 21 heavy (non-hydrogen) atoms. The van der Waals surface area contributed by atoms with Crippen molar-refractivity contribution in [1.82, 2.24) is 4.90 Å². The Morgan fingerprint density at radius 1 is 1.00 bits per heavy atom. The maximum atomic E-state index is 12.5. The molecule has 1 amide bonds. The zero-order chi connectivity index (χ0) is 14.7. The Morgan fingerprint density at radius 3 is 2.19 bits per heavy atom. The van der Waals surface area contributed by atoms with Crippen molar-refractivity contribution in [2.45, 2.75) is 18.9 Å². The van der Waals surface area contributed by atoms with Crippen LogP contribution in [0.1, 0.15) is 23.2 Å². The SMILES string of the molecule is O=C(c1ccc(-c2ccccc2)cc1)N(CCO)C1CC1. The van der Waals surface area contributed by atoms with Gasteiger partial charge in [0.15, 0.2) is 0 Å². The van der Waals surface area contributed by atoms with Gasteiger partial charge < -0.3 is 10.0 Å². The van der Waals surface area contributed by atoms with E-state index >= 15 is 0 Å². The molecule has 0 spiro atoms. The molecule has 3 nitrogen and oxygen atoms in total. The second kappa shape index (κ2) is 6.10. The van der Waals surface area contributed by atoms with Crippen LogP contribution in [-0.2, 0) is 0 Å². The van der Waals surface area contributed by atoms with Gasteiger partial charge in [-0.1, -0.05) is 42.5 Å². The van der Waals surface area contributed by atoms with Gasteiger partial charge >= 0.3 is 0 Å². The van der Waals surface area contributed by atoms with E-state index < -0.39 is 0 Å². The predicted molar refractivity (Wildman–Crippen MR) is 83.0 cm³/mol. The highest BCUT2D eigenvalue weighted by molar-refractivity contribution is 5.95. The number of aliphatic hydroxyl groups is 1. The lowest BCUT2D eigenvalue weighted by Gasteiger charge is -2.21. The standard InChI is InChI=1S/C18H19NO2/c20-13-12-19(17-10-11-17)18(21)16-8-6-15(7-9-16)14-4-2-1-3-5-14/h1-9,17,20H,10-13H2. The highest BCUT2D eigenvalue weighted by Crippen LogP contribution is 2.28. The van der Waals surface area contributed by atoms with Crippen LogP contribution in [0.15, 0.2) is 54.6 Å². The molecule has 0 saturated heterocycles. The molecule has 0 heterocycles. The molecule has 2 aromatic carbocycles. The molecule has 1 saturated carbocycles. The molecule has 0 aromatic heterocycles. The van der Waals surface area contributed by atoms with Gasteiger partial charge in [-0.3, -0.25) is 4.79 Å². The van der Waals surface area contributed by atoms with E-state index in [1.54, 1.807) is 4.90 Å². The van der Waals surface area contributed by atoms with E-state index in [9.17, 15) is 4.79 Å². The third kappa shape index (κ3) is 3.14. The molecule has 1 N–H and O–H groups in total. The molecular weight excluding hydrogens is 262 g/mol. The van der Waals surface area contributed by atoms with Gasteiger partial charge in [0.05, 0.1) is 6.61 Å². The second-order valence-corrected chi connectivity index (χ2v) is 5.40. The largest absolute Gasteiger partial charge is 0.395 e. The van der Waals surface area contributed by atoms with Crippen LogP contribution in [0, 0.1) is 0 Å². The van der Waals surface area contributed by atoms with Crippen molar-refractivity contribution in [3.05, 3.63) is 60.2 Å². The summed E-state index contributed by atoms with van der Waals surface area (Å²) in [5, 5.41) is 9.11. The number of nitrogens with zero attached hydrogens (tertiary/aromatic N) is 1. The van der Waals surface area contributed by atoms with Crippen LogP contribution in [-0.4, -0.2) is 35.1 Å². The van der Waals surface area contributed by atoms with E-state index in [0.717, 1.165) is 24.0 Å². The van der Waals surface area contributed by atoms with Crippen molar-refractivity contribution in [3.8, 4) is 11.1 Å². The summed E-state index contributed by atoms with van der Waals surface area (Å²) < 4.78 is 0. The predicted octanol–water partition coefficient (Wildman–Crippen LogP) is 2.95. The van der Waals surface area contributed by atoms with Gasteiger partial charge in [-0.2, -0.15) is 0 Å². The number of benzene rings is 2. The molecule has 3 heteroatoms. The first-order valence-electron chi connectivity index (χ1n) is 7.37. The van der Waals surface area contributed by atoms with Crippen molar-refractivity contribution in [1.29, 1.82) is 0 Å². The number of aliphatic hydroxyl groups excluding tert-OH is 1. The number of hydrogen-bond acceptors (Lipinski definition) is 2. The molecule has 0 atom stereocenters. The van der Waals surface area contributed by atoms with Crippen LogP contribution in [0.2, 0.25) is 0 Å². The molecule has 0 bridgehead atoms. The summed E-state index contributed by atoms with van der Waals surface area (Å²) in [5.41, 5.74) is 2.94. The Morgan fingerprint density at radius 2 is 1.62 bits per heavy atom. The smallest absolute Gasteiger partial charge is 0.254 e. The molecule has 3 rings (SSSR count). The Balaban J connectivity index is 1.78. The monoisotopic (exact) mass is 281 g/mol. The third-order valence-electron chi connectivity index (χ3n) is 3.83. The van der Waals surface area contributed by atoms with Gasteiger partial charge in [0, 0.05) is 18.2 Å². The number of carbonyl (C=O) groups excluding carboxylic acids is 1. The fourth-order valence-electron chi connectivity index (χ4n) is 2.55. The number of rotatable bonds is 5. The summed E-state index contributed by atoms with van der Waals surface area (Å²) in [5.74, 6) is 0.0196. The topological polar surface area (TPSA) is 40.5 Å². The van der Waals surface area contributed by atoms with Crippen molar-refractivity contribution < 1.29 is 9.90 Å². The molecular formula is C18H19NO2. The van der Waals surface area contributed by atoms with Gasteiger partial charge in [0.2, 0.25) is 0 Å². The lowest BCUT2D eigenvalue weighted by Crippen LogP contribution is -2.35. The van der Waals surface area contributed by atoms with Crippen LogP contribution in [0.5, 0.6) is 0 Å². The number of carbonyl (C=O) groups is 1. The van der Waals surface area contributed by atoms with Gasteiger partial charge in [-0.15, -0.1) is 0 Å². The molecule has 2 aromatic rings. The molecule has 1 aliphatic rings. The van der Waals surface area contributed by atoms with E-state index in [0.29, 0.717) is 18.2 Å².